The number of hydrogen-bond acceptors (Lipinski definition) is 6. The quantitative estimate of drug-likeness (QED) is 0.332. The molecule has 4 aromatic rings. The van der Waals surface area contributed by atoms with Gasteiger partial charge in [-0.05, 0) is 36.8 Å². The second-order valence-electron chi connectivity index (χ2n) is 8.07. The first-order valence-electron chi connectivity index (χ1n) is 11.2. The summed E-state index contributed by atoms with van der Waals surface area (Å²) in [6.07, 6.45) is 3.28. The average molecular weight is 479 g/mol. The molecule has 1 saturated heterocycles. The minimum Gasteiger partial charge on any atom is -0.376 e. The van der Waals surface area contributed by atoms with Gasteiger partial charge in [-0.25, -0.2) is 0 Å². The lowest BCUT2D eigenvalue weighted by atomic mass is 10.1. The third-order valence-electron chi connectivity index (χ3n) is 5.78. The summed E-state index contributed by atoms with van der Waals surface area (Å²) in [5.41, 5.74) is 1.90. The molecule has 1 atom stereocenters. The predicted molar refractivity (Wildman–Crippen MR) is 135 cm³/mol. The van der Waals surface area contributed by atoms with Gasteiger partial charge in [0.05, 0.1) is 18.4 Å². The van der Waals surface area contributed by atoms with E-state index in [0.717, 1.165) is 58.9 Å². The molecule has 2 aromatic carbocycles. The number of carbonyl (C=O) groups is 1. The molecule has 8 heteroatoms. The number of anilines is 1. The van der Waals surface area contributed by atoms with E-state index >= 15 is 0 Å². The molecule has 0 spiro atoms. The fourth-order valence-electron chi connectivity index (χ4n) is 4.10. The van der Waals surface area contributed by atoms with Gasteiger partial charge < -0.3 is 10.1 Å². The highest BCUT2D eigenvalue weighted by Gasteiger charge is 2.23. The van der Waals surface area contributed by atoms with Crippen LogP contribution in [-0.4, -0.2) is 39.1 Å². The van der Waals surface area contributed by atoms with Crippen molar-refractivity contribution in [3.8, 4) is 11.4 Å². The first-order chi connectivity index (χ1) is 16.2. The van der Waals surface area contributed by atoms with Crippen molar-refractivity contribution < 1.29 is 9.53 Å². The first-order valence-corrected chi connectivity index (χ1v) is 13.1. The van der Waals surface area contributed by atoms with Crippen LogP contribution in [0, 0.1) is 0 Å². The van der Waals surface area contributed by atoms with Crippen LogP contribution < -0.4 is 5.32 Å². The fraction of sp³-hybridized carbons (Fsp3) is 0.320. The third kappa shape index (κ3) is 4.98. The number of nitrogens with zero attached hydrogens (tertiary/aromatic N) is 3. The molecule has 1 aliphatic rings. The van der Waals surface area contributed by atoms with Gasteiger partial charge in [0.15, 0.2) is 11.0 Å². The molecular weight excluding hydrogens is 452 g/mol. The highest BCUT2D eigenvalue weighted by atomic mass is 32.2. The molecule has 1 amide bonds. The molecule has 1 aliphatic heterocycles. The van der Waals surface area contributed by atoms with Crippen LogP contribution in [0.4, 0.5) is 5.69 Å². The zero-order valence-electron chi connectivity index (χ0n) is 18.5. The van der Waals surface area contributed by atoms with Gasteiger partial charge in [-0.3, -0.25) is 9.36 Å². The maximum absolute atomic E-state index is 12.8. The molecule has 2 aromatic heterocycles. The number of hydrogen-bond donors (Lipinski definition) is 1. The lowest BCUT2D eigenvalue weighted by Gasteiger charge is -2.14. The van der Waals surface area contributed by atoms with Crippen LogP contribution in [0.3, 0.4) is 0 Å². The monoisotopic (exact) mass is 478 g/mol. The molecule has 0 radical (unpaired) electrons. The number of benzene rings is 2. The van der Waals surface area contributed by atoms with Crippen molar-refractivity contribution in [3.05, 3.63) is 58.8 Å². The van der Waals surface area contributed by atoms with Crippen LogP contribution in [0.25, 0.3) is 22.2 Å². The Balaban J connectivity index is 1.33. The van der Waals surface area contributed by atoms with Crippen LogP contribution in [0.5, 0.6) is 0 Å². The third-order valence-corrected chi connectivity index (χ3v) is 7.83. The van der Waals surface area contributed by atoms with E-state index in [1.165, 1.54) is 16.6 Å². The second kappa shape index (κ2) is 10.1. The summed E-state index contributed by atoms with van der Waals surface area (Å²) in [5.74, 6) is 1.04. The van der Waals surface area contributed by atoms with Gasteiger partial charge >= 0.3 is 0 Å². The van der Waals surface area contributed by atoms with E-state index in [9.17, 15) is 4.79 Å². The molecule has 3 heterocycles. The smallest absolute Gasteiger partial charge is 0.234 e. The van der Waals surface area contributed by atoms with Gasteiger partial charge in [-0.2, -0.15) is 0 Å². The summed E-state index contributed by atoms with van der Waals surface area (Å²) in [6, 6.07) is 16.2. The van der Waals surface area contributed by atoms with Crippen LogP contribution in [0.15, 0.2) is 59.1 Å². The molecule has 5 rings (SSSR count). The Morgan fingerprint density at radius 2 is 2.12 bits per heavy atom. The summed E-state index contributed by atoms with van der Waals surface area (Å²) in [4.78, 5) is 14.1. The molecule has 0 bridgehead atoms. The minimum absolute atomic E-state index is 0.0617. The Morgan fingerprint density at radius 3 is 2.94 bits per heavy atom. The Labute approximate surface area is 201 Å². The number of aromatic nitrogens is 3. The highest BCUT2D eigenvalue weighted by molar-refractivity contribution is 7.99. The SMILES string of the molecule is CCc1cc(-c2nnc(SCC(=O)Nc3cccc4ccccc34)n2CC2CCCO2)cs1. The van der Waals surface area contributed by atoms with Gasteiger partial charge in [0.1, 0.15) is 0 Å². The number of fused-ring (bicyclic) bond motifs is 1. The number of amides is 1. The predicted octanol–water partition coefficient (Wildman–Crippen LogP) is 5.63. The van der Waals surface area contributed by atoms with Crippen molar-refractivity contribution in [2.75, 3.05) is 17.7 Å². The van der Waals surface area contributed by atoms with Gasteiger partial charge in [0.2, 0.25) is 5.91 Å². The van der Waals surface area contributed by atoms with Gasteiger partial charge in [0.25, 0.3) is 0 Å². The normalized spacial score (nSPS) is 15.8. The molecule has 170 valence electrons. The molecule has 0 saturated carbocycles. The van der Waals surface area contributed by atoms with E-state index in [1.54, 1.807) is 11.3 Å². The van der Waals surface area contributed by atoms with E-state index in [1.807, 2.05) is 42.5 Å². The number of ether oxygens (including phenoxy) is 1. The van der Waals surface area contributed by atoms with E-state index in [4.69, 9.17) is 4.74 Å². The minimum atomic E-state index is -0.0617. The number of aryl methyl sites for hydroxylation is 1. The van der Waals surface area contributed by atoms with Crippen molar-refractivity contribution in [1.82, 2.24) is 14.8 Å². The summed E-state index contributed by atoms with van der Waals surface area (Å²) in [7, 11) is 0. The number of nitrogens with one attached hydrogen (secondary N) is 1. The van der Waals surface area contributed by atoms with Crippen LogP contribution in [0.2, 0.25) is 0 Å². The topological polar surface area (TPSA) is 69.0 Å². The van der Waals surface area contributed by atoms with Crippen LogP contribution in [0.1, 0.15) is 24.6 Å². The zero-order valence-corrected chi connectivity index (χ0v) is 20.1. The summed E-state index contributed by atoms with van der Waals surface area (Å²) >= 11 is 3.16. The Bertz CT molecular complexity index is 1260. The van der Waals surface area contributed by atoms with E-state index in [2.05, 4.69) is 38.5 Å². The van der Waals surface area contributed by atoms with Crippen molar-refractivity contribution in [1.29, 1.82) is 0 Å². The van der Waals surface area contributed by atoms with Gasteiger partial charge in [-0.15, -0.1) is 21.5 Å². The first kappa shape index (κ1) is 22.1. The second-order valence-corrected chi connectivity index (χ2v) is 10.0. The standard InChI is InChI=1S/C25H26N4O2S2/c1-2-20-13-18(15-32-20)24-27-28-25(29(24)14-19-9-6-12-31-19)33-16-23(30)26-22-11-5-8-17-7-3-4-10-21(17)22/h3-5,7-8,10-11,13,15,19H,2,6,9,12,14,16H2,1H3,(H,26,30). The molecule has 1 fully saturated rings. The zero-order chi connectivity index (χ0) is 22.6. The lowest BCUT2D eigenvalue weighted by molar-refractivity contribution is -0.113. The molecule has 1 unspecified atom stereocenters. The number of rotatable bonds is 8. The Morgan fingerprint density at radius 1 is 1.24 bits per heavy atom. The van der Waals surface area contributed by atoms with E-state index in [-0.39, 0.29) is 17.8 Å². The number of thiophene rings is 1. The van der Waals surface area contributed by atoms with Crippen molar-refractivity contribution >= 4 is 45.5 Å². The fourth-order valence-corrected chi connectivity index (χ4v) is 5.66. The van der Waals surface area contributed by atoms with Crippen LogP contribution >= 0.6 is 23.1 Å². The van der Waals surface area contributed by atoms with Crippen molar-refractivity contribution in [2.45, 2.75) is 44.0 Å². The average Bonchev–Trinajstić information content (AvgIpc) is 3.60. The highest BCUT2D eigenvalue weighted by Crippen LogP contribution is 2.30. The van der Waals surface area contributed by atoms with E-state index in [0.29, 0.717) is 6.54 Å². The van der Waals surface area contributed by atoms with E-state index < -0.39 is 0 Å². The number of carbonyl (C=O) groups excluding carboxylic acids is 1. The maximum atomic E-state index is 12.8. The molecule has 33 heavy (non-hydrogen) atoms. The molecule has 1 N–H and O–H groups in total. The largest absolute Gasteiger partial charge is 0.376 e. The summed E-state index contributed by atoms with van der Waals surface area (Å²) < 4.78 is 8.00. The molecule has 6 nitrogen and oxygen atoms in total. The maximum Gasteiger partial charge on any atom is 0.234 e. The van der Waals surface area contributed by atoms with Gasteiger partial charge in [-0.1, -0.05) is 55.1 Å². The lowest BCUT2D eigenvalue weighted by Crippen LogP contribution is -2.18. The summed E-state index contributed by atoms with van der Waals surface area (Å²) in [5, 5.41) is 17.0. The van der Waals surface area contributed by atoms with Crippen molar-refractivity contribution in [3.63, 3.8) is 0 Å². The van der Waals surface area contributed by atoms with Gasteiger partial charge in [0, 0.05) is 33.5 Å². The van der Waals surface area contributed by atoms with Crippen molar-refractivity contribution in [2.24, 2.45) is 0 Å². The molecule has 0 aliphatic carbocycles. The number of thioether (sulfide) groups is 1. The Kier molecular flexibility index (Phi) is 6.75. The Hall–Kier alpha value is -2.68. The molecular formula is C25H26N4O2S2. The summed E-state index contributed by atoms with van der Waals surface area (Å²) in [6.45, 7) is 3.66. The van der Waals surface area contributed by atoms with Crippen LogP contribution in [-0.2, 0) is 22.5 Å².